The summed E-state index contributed by atoms with van der Waals surface area (Å²) in [5, 5.41) is 18.0. The fourth-order valence-corrected chi connectivity index (χ4v) is 2.30. The lowest BCUT2D eigenvalue weighted by Crippen LogP contribution is -2.31. The molecule has 0 atom stereocenters. The van der Waals surface area contributed by atoms with Gasteiger partial charge in [0.2, 0.25) is 0 Å². The summed E-state index contributed by atoms with van der Waals surface area (Å²) >= 11 is 0. The number of hydrogen-bond acceptors (Lipinski definition) is 4. The first kappa shape index (κ1) is 15.4. The highest BCUT2D eigenvalue weighted by atomic mass is 16.5. The summed E-state index contributed by atoms with van der Waals surface area (Å²) in [5.74, 6) is 1.68. The largest absolute Gasteiger partial charge is 0.492 e. The van der Waals surface area contributed by atoms with Gasteiger partial charge in [0.05, 0.1) is 0 Å². The van der Waals surface area contributed by atoms with Gasteiger partial charge in [0.25, 0.3) is 0 Å². The maximum Gasteiger partial charge on any atom is 0.488 e. The molecule has 4 nitrogen and oxygen atoms in total. The second-order valence-electron chi connectivity index (χ2n) is 5.54. The molecule has 2 rings (SSSR count). The lowest BCUT2D eigenvalue weighted by Gasteiger charge is -2.21. The van der Waals surface area contributed by atoms with Crippen molar-refractivity contribution in [2.75, 3.05) is 26.2 Å². The van der Waals surface area contributed by atoms with Crippen molar-refractivity contribution in [2.24, 2.45) is 5.92 Å². The second kappa shape index (κ2) is 7.67. The van der Waals surface area contributed by atoms with Crippen molar-refractivity contribution < 1.29 is 14.8 Å². The summed E-state index contributed by atoms with van der Waals surface area (Å²) in [4.78, 5) is 2.48. The standard InChI is InChI=1S/C15H24BNO3/c1-2-9-17(12-13-3-4-13)10-11-20-15-7-5-14(6-8-15)16(18)19/h5-8,13,18-19H,2-4,9-12H2,1H3. The van der Waals surface area contributed by atoms with Crippen LogP contribution in [0, 0.1) is 5.92 Å². The predicted molar refractivity (Wildman–Crippen MR) is 81.2 cm³/mol. The number of benzene rings is 1. The van der Waals surface area contributed by atoms with E-state index in [4.69, 9.17) is 14.8 Å². The van der Waals surface area contributed by atoms with Crippen molar-refractivity contribution in [3.8, 4) is 5.75 Å². The number of nitrogens with zero attached hydrogens (tertiary/aromatic N) is 1. The molecular formula is C15H24BNO3. The molecule has 1 aliphatic carbocycles. The normalized spacial score (nSPS) is 14.6. The van der Waals surface area contributed by atoms with Crippen LogP contribution in [-0.4, -0.2) is 48.3 Å². The van der Waals surface area contributed by atoms with Gasteiger partial charge in [-0.3, -0.25) is 4.90 Å². The lowest BCUT2D eigenvalue weighted by atomic mass is 9.80. The Morgan fingerprint density at radius 2 is 1.90 bits per heavy atom. The van der Waals surface area contributed by atoms with E-state index in [0.29, 0.717) is 12.1 Å². The maximum atomic E-state index is 9.02. The van der Waals surface area contributed by atoms with Gasteiger partial charge in [-0.05, 0) is 49.3 Å². The maximum absolute atomic E-state index is 9.02. The molecule has 1 saturated carbocycles. The van der Waals surface area contributed by atoms with E-state index in [9.17, 15) is 0 Å². The van der Waals surface area contributed by atoms with Gasteiger partial charge in [-0.15, -0.1) is 0 Å². The zero-order chi connectivity index (χ0) is 14.4. The average Bonchev–Trinajstić information content (AvgIpc) is 3.23. The average molecular weight is 277 g/mol. The van der Waals surface area contributed by atoms with Gasteiger partial charge in [-0.2, -0.15) is 0 Å². The third-order valence-electron chi connectivity index (χ3n) is 3.61. The van der Waals surface area contributed by atoms with E-state index in [2.05, 4.69) is 11.8 Å². The predicted octanol–water partition coefficient (Wildman–Crippen LogP) is 0.867. The van der Waals surface area contributed by atoms with Gasteiger partial charge in [-0.1, -0.05) is 19.1 Å². The monoisotopic (exact) mass is 277 g/mol. The SMILES string of the molecule is CCCN(CCOc1ccc(B(O)O)cc1)CC1CC1. The van der Waals surface area contributed by atoms with Crippen LogP contribution in [0.4, 0.5) is 0 Å². The van der Waals surface area contributed by atoms with Crippen molar-refractivity contribution >= 4 is 12.6 Å². The van der Waals surface area contributed by atoms with E-state index in [1.807, 2.05) is 0 Å². The highest BCUT2D eigenvalue weighted by molar-refractivity contribution is 6.58. The zero-order valence-corrected chi connectivity index (χ0v) is 12.2. The molecule has 0 amide bonds. The van der Waals surface area contributed by atoms with Crippen LogP contribution in [0.15, 0.2) is 24.3 Å². The minimum Gasteiger partial charge on any atom is -0.492 e. The molecule has 1 aromatic rings. The summed E-state index contributed by atoms with van der Waals surface area (Å²) in [6.45, 7) is 6.17. The summed E-state index contributed by atoms with van der Waals surface area (Å²) in [6.07, 6.45) is 3.94. The van der Waals surface area contributed by atoms with Crippen LogP contribution >= 0.6 is 0 Å². The molecule has 0 radical (unpaired) electrons. The van der Waals surface area contributed by atoms with Gasteiger partial charge in [0.1, 0.15) is 12.4 Å². The van der Waals surface area contributed by atoms with Crippen LogP contribution in [0.3, 0.4) is 0 Å². The third-order valence-corrected chi connectivity index (χ3v) is 3.61. The van der Waals surface area contributed by atoms with E-state index < -0.39 is 7.12 Å². The van der Waals surface area contributed by atoms with Crippen LogP contribution in [0.1, 0.15) is 26.2 Å². The van der Waals surface area contributed by atoms with Gasteiger partial charge in [-0.25, -0.2) is 0 Å². The molecule has 0 saturated heterocycles. The summed E-state index contributed by atoms with van der Waals surface area (Å²) < 4.78 is 5.71. The van der Waals surface area contributed by atoms with E-state index >= 15 is 0 Å². The van der Waals surface area contributed by atoms with Gasteiger partial charge in [0, 0.05) is 13.1 Å². The van der Waals surface area contributed by atoms with E-state index in [1.54, 1.807) is 24.3 Å². The third kappa shape index (κ3) is 5.15. The summed E-state index contributed by atoms with van der Waals surface area (Å²) in [6, 6.07) is 6.90. The second-order valence-corrected chi connectivity index (χ2v) is 5.54. The van der Waals surface area contributed by atoms with Crippen LogP contribution < -0.4 is 10.2 Å². The van der Waals surface area contributed by atoms with Crippen LogP contribution in [-0.2, 0) is 0 Å². The smallest absolute Gasteiger partial charge is 0.488 e. The molecule has 20 heavy (non-hydrogen) atoms. The first-order valence-electron chi connectivity index (χ1n) is 7.50. The van der Waals surface area contributed by atoms with Gasteiger partial charge < -0.3 is 14.8 Å². The Hall–Kier alpha value is -1.04. The molecule has 110 valence electrons. The van der Waals surface area contributed by atoms with E-state index in [1.165, 1.54) is 25.8 Å². The van der Waals surface area contributed by atoms with Crippen molar-refractivity contribution in [3.63, 3.8) is 0 Å². The fraction of sp³-hybridized carbons (Fsp3) is 0.600. The minimum atomic E-state index is -1.41. The van der Waals surface area contributed by atoms with Gasteiger partial charge in [0.15, 0.2) is 0 Å². The highest BCUT2D eigenvalue weighted by Gasteiger charge is 2.23. The Bertz CT molecular complexity index is 393. The molecule has 2 N–H and O–H groups in total. The zero-order valence-electron chi connectivity index (χ0n) is 12.2. The summed E-state index contributed by atoms with van der Waals surface area (Å²) in [7, 11) is -1.41. The molecule has 1 aliphatic rings. The Balaban J connectivity index is 1.72. The molecule has 5 heteroatoms. The fourth-order valence-electron chi connectivity index (χ4n) is 2.30. The van der Waals surface area contributed by atoms with Crippen LogP contribution in [0.5, 0.6) is 5.75 Å². The first-order chi connectivity index (χ1) is 9.69. The van der Waals surface area contributed by atoms with Crippen LogP contribution in [0.2, 0.25) is 0 Å². The molecule has 0 spiro atoms. The number of hydrogen-bond donors (Lipinski definition) is 2. The van der Waals surface area contributed by atoms with Crippen molar-refractivity contribution in [3.05, 3.63) is 24.3 Å². The number of rotatable bonds is 9. The van der Waals surface area contributed by atoms with Gasteiger partial charge >= 0.3 is 7.12 Å². The van der Waals surface area contributed by atoms with E-state index in [0.717, 1.165) is 24.8 Å². The minimum absolute atomic E-state index is 0.485. The number of ether oxygens (including phenoxy) is 1. The quantitative estimate of drug-likeness (QED) is 0.658. The molecule has 0 unspecified atom stereocenters. The molecule has 1 fully saturated rings. The Morgan fingerprint density at radius 3 is 2.45 bits per heavy atom. The highest BCUT2D eigenvalue weighted by Crippen LogP contribution is 2.29. The molecule has 0 aliphatic heterocycles. The van der Waals surface area contributed by atoms with Crippen molar-refractivity contribution in [2.45, 2.75) is 26.2 Å². The van der Waals surface area contributed by atoms with Crippen LogP contribution in [0.25, 0.3) is 0 Å². The topological polar surface area (TPSA) is 52.9 Å². The molecule has 1 aromatic carbocycles. The summed E-state index contributed by atoms with van der Waals surface area (Å²) in [5.41, 5.74) is 0.485. The van der Waals surface area contributed by atoms with Crippen molar-refractivity contribution in [1.82, 2.24) is 4.90 Å². The Labute approximate surface area is 121 Å². The molecular weight excluding hydrogens is 253 g/mol. The molecule has 0 heterocycles. The Morgan fingerprint density at radius 1 is 1.20 bits per heavy atom. The van der Waals surface area contributed by atoms with E-state index in [-0.39, 0.29) is 0 Å². The molecule has 0 aromatic heterocycles. The molecule has 0 bridgehead atoms. The Kier molecular flexibility index (Phi) is 5.89. The lowest BCUT2D eigenvalue weighted by molar-refractivity contribution is 0.203. The first-order valence-corrected chi connectivity index (χ1v) is 7.50. The van der Waals surface area contributed by atoms with Crippen molar-refractivity contribution in [1.29, 1.82) is 0 Å².